The van der Waals surface area contributed by atoms with Crippen molar-refractivity contribution in [2.24, 2.45) is 0 Å². The molecule has 0 bridgehead atoms. The Morgan fingerprint density at radius 1 is 1.00 bits per heavy atom. The van der Waals surface area contributed by atoms with Gasteiger partial charge in [-0.3, -0.25) is 0 Å². The van der Waals surface area contributed by atoms with Crippen molar-refractivity contribution >= 4 is 25.9 Å². The fourth-order valence-corrected chi connectivity index (χ4v) is 2.15. The molecule has 0 N–H and O–H groups in total. The summed E-state index contributed by atoms with van der Waals surface area (Å²) in [6.07, 6.45) is 1.93. The highest BCUT2D eigenvalue weighted by molar-refractivity contribution is 6.88. The second-order valence-electron chi connectivity index (χ2n) is 4.34. The summed E-state index contributed by atoms with van der Waals surface area (Å²) in [5.74, 6) is 0.877. The first kappa shape index (κ1) is 12.0. The second kappa shape index (κ2) is 5.27. The molecule has 3 rings (SSSR count). The topological polar surface area (TPSA) is 14.2 Å². The Bertz CT molecular complexity index is 679. The fraction of sp³-hybridized carbons (Fsp3) is 0.0667. The minimum absolute atomic E-state index is 0.567. The van der Waals surface area contributed by atoms with Crippen LogP contribution >= 0.6 is 0 Å². The van der Waals surface area contributed by atoms with Crippen molar-refractivity contribution < 1.29 is 4.74 Å². The highest BCUT2D eigenvalue weighted by Crippen LogP contribution is 2.26. The second-order valence-corrected chi connectivity index (χ2v) is 4.34. The summed E-state index contributed by atoms with van der Waals surface area (Å²) in [7, 11) is 7.12. The van der Waals surface area contributed by atoms with Gasteiger partial charge in [0.05, 0.1) is 0 Å². The lowest BCUT2D eigenvalue weighted by Crippen LogP contribution is -2.03. The van der Waals surface area contributed by atoms with E-state index in [9.17, 15) is 0 Å². The van der Waals surface area contributed by atoms with Crippen LogP contribution in [0.2, 0.25) is 0 Å². The van der Waals surface area contributed by atoms with E-state index in [1.807, 2.05) is 53.1 Å². The molecule has 89 valence electrons. The molecular weight excluding hydrogens is 232 g/mol. The van der Waals surface area contributed by atoms with Gasteiger partial charge in [0.1, 0.15) is 12.4 Å². The molecule has 3 aromatic rings. The van der Waals surface area contributed by atoms with Crippen molar-refractivity contribution in [1.29, 1.82) is 0 Å². The Balaban J connectivity index is 1.87. The molecule has 0 spiro atoms. The van der Waals surface area contributed by atoms with Crippen LogP contribution in [-0.2, 0) is 6.61 Å². The molecule has 0 aliphatic heterocycles. The molecule has 2 aromatic carbocycles. The maximum Gasteiger partial charge on any atom is 0.191 e. The van der Waals surface area contributed by atoms with Crippen LogP contribution in [0.1, 0.15) is 5.56 Å². The van der Waals surface area contributed by atoms with Crippen molar-refractivity contribution in [1.82, 2.24) is 4.48 Å². The van der Waals surface area contributed by atoms with Gasteiger partial charge in [-0.1, -0.05) is 36.4 Å². The molecule has 1 aromatic heterocycles. The van der Waals surface area contributed by atoms with Crippen LogP contribution in [-0.4, -0.2) is 19.5 Å². The van der Waals surface area contributed by atoms with Gasteiger partial charge in [-0.2, -0.15) is 0 Å². The summed E-state index contributed by atoms with van der Waals surface area (Å²) in [6, 6.07) is 18.1. The number of rotatable bonds is 4. The number of aromatic nitrogens is 1. The molecule has 0 fully saturated rings. The van der Waals surface area contributed by atoms with E-state index in [1.54, 1.807) is 7.31 Å². The van der Waals surface area contributed by atoms with Gasteiger partial charge in [-0.05, 0) is 30.0 Å². The molecule has 0 amide bonds. The lowest BCUT2D eigenvalue weighted by molar-refractivity contribution is 0.310. The van der Waals surface area contributed by atoms with Crippen molar-refractivity contribution in [2.75, 3.05) is 0 Å². The highest BCUT2D eigenvalue weighted by Gasteiger charge is 2.05. The van der Waals surface area contributed by atoms with Gasteiger partial charge >= 0.3 is 0 Å². The van der Waals surface area contributed by atoms with E-state index in [0.29, 0.717) is 6.61 Å². The third kappa shape index (κ3) is 2.39. The number of ether oxygens (including phenoxy) is 1. The highest BCUT2D eigenvalue weighted by atomic mass is 16.5. The molecule has 19 heavy (non-hydrogen) atoms. The standard InChI is InChI=1S/C15H12B2NO/c16-17-18-10-9-13-14(18)7-4-8-15(13)19-11-12-5-2-1-3-6-12/h1-10H,11H2. The van der Waals surface area contributed by atoms with E-state index in [-0.39, 0.29) is 0 Å². The molecule has 0 atom stereocenters. The number of hydrogen-bond donors (Lipinski definition) is 0. The summed E-state index contributed by atoms with van der Waals surface area (Å²) >= 11 is 0. The van der Waals surface area contributed by atoms with Crippen LogP contribution in [0.4, 0.5) is 0 Å². The Morgan fingerprint density at radius 2 is 1.84 bits per heavy atom. The van der Waals surface area contributed by atoms with E-state index in [0.717, 1.165) is 22.2 Å². The third-order valence-corrected chi connectivity index (χ3v) is 3.12. The van der Waals surface area contributed by atoms with Crippen molar-refractivity contribution in [2.45, 2.75) is 6.61 Å². The summed E-state index contributed by atoms with van der Waals surface area (Å²) in [6.45, 7) is 0.567. The Hall–Kier alpha value is -2.09. The largest absolute Gasteiger partial charge is 0.488 e. The molecule has 0 aliphatic carbocycles. The molecular formula is C15H12B2NO. The minimum Gasteiger partial charge on any atom is -0.488 e. The number of benzene rings is 2. The summed E-state index contributed by atoms with van der Waals surface area (Å²) in [5.41, 5.74) is 2.21. The van der Waals surface area contributed by atoms with Crippen molar-refractivity contribution in [3.05, 3.63) is 66.4 Å². The summed E-state index contributed by atoms with van der Waals surface area (Å²) in [5, 5.41) is 1.07. The van der Waals surface area contributed by atoms with Crippen LogP contribution < -0.4 is 4.74 Å². The number of fused-ring (bicyclic) bond motifs is 1. The van der Waals surface area contributed by atoms with Crippen LogP contribution in [0.3, 0.4) is 0 Å². The maximum absolute atomic E-state index is 5.90. The molecule has 0 saturated carbocycles. The molecule has 1 heterocycles. The van der Waals surface area contributed by atoms with E-state index in [4.69, 9.17) is 12.5 Å². The van der Waals surface area contributed by atoms with Gasteiger partial charge in [0, 0.05) is 18.6 Å². The lowest BCUT2D eigenvalue weighted by atomic mass is 9.67. The van der Waals surface area contributed by atoms with E-state index >= 15 is 0 Å². The zero-order chi connectivity index (χ0) is 13.1. The Kier molecular flexibility index (Phi) is 3.32. The van der Waals surface area contributed by atoms with Gasteiger partial charge in [0.2, 0.25) is 0 Å². The maximum atomic E-state index is 5.90. The molecule has 0 aliphatic rings. The first-order chi connectivity index (χ1) is 9.38. The Morgan fingerprint density at radius 3 is 2.63 bits per heavy atom. The van der Waals surface area contributed by atoms with E-state index in [1.165, 1.54) is 0 Å². The van der Waals surface area contributed by atoms with Gasteiger partial charge in [0.15, 0.2) is 7.31 Å². The Labute approximate surface area is 114 Å². The summed E-state index contributed by atoms with van der Waals surface area (Å²) < 4.78 is 7.77. The predicted octanol–water partition coefficient (Wildman–Crippen LogP) is 2.77. The predicted molar refractivity (Wildman–Crippen MR) is 79.6 cm³/mol. The van der Waals surface area contributed by atoms with Gasteiger partial charge in [-0.25, -0.2) is 0 Å². The zero-order valence-electron chi connectivity index (χ0n) is 10.5. The van der Waals surface area contributed by atoms with Crippen LogP contribution in [0.15, 0.2) is 60.8 Å². The number of hydrogen-bond acceptors (Lipinski definition) is 1. The van der Waals surface area contributed by atoms with Gasteiger partial charge < -0.3 is 9.21 Å². The molecule has 3 radical (unpaired) electrons. The third-order valence-electron chi connectivity index (χ3n) is 3.12. The lowest BCUT2D eigenvalue weighted by Gasteiger charge is -2.08. The smallest absolute Gasteiger partial charge is 0.191 e. The normalized spacial score (nSPS) is 10.5. The molecule has 4 heteroatoms. The fourth-order valence-electron chi connectivity index (χ4n) is 2.15. The quantitative estimate of drug-likeness (QED) is 0.643. The van der Waals surface area contributed by atoms with Crippen LogP contribution in [0.5, 0.6) is 5.75 Å². The first-order valence-electron chi connectivity index (χ1n) is 6.20. The SMILES string of the molecule is [B][B]n1ccc2c(OCc3ccccc3)cccc21. The van der Waals surface area contributed by atoms with E-state index < -0.39 is 0 Å². The number of nitrogens with zero attached hydrogens (tertiary/aromatic N) is 1. The average molecular weight is 244 g/mol. The molecule has 0 unspecified atom stereocenters. The zero-order valence-corrected chi connectivity index (χ0v) is 10.5. The summed E-state index contributed by atoms with van der Waals surface area (Å²) in [4.78, 5) is 0. The van der Waals surface area contributed by atoms with E-state index in [2.05, 4.69) is 12.1 Å². The monoisotopic (exact) mass is 244 g/mol. The van der Waals surface area contributed by atoms with Crippen LogP contribution in [0, 0.1) is 0 Å². The van der Waals surface area contributed by atoms with Crippen molar-refractivity contribution in [3.8, 4) is 5.75 Å². The average Bonchev–Trinajstić information content (AvgIpc) is 2.90. The minimum atomic E-state index is 0.567. The van der Waals surface area contributed by atoms with Gasteiger partial charge in [0.25, 0.3) is 0 Å². The first-order valence-corrected chi connectivity index (χ1v) is 6.20. The van der Waals surface area contributed by atoms with Crippen LogP contribution in [0.25, 0.3) is 10.9 Å². The van der Waals surface area contributed by atoms with Gasteiger partial charge in [-0.15, -0.1) is 0 Å². The molecule has 0 saturated heterocycles. The van der Waals surface area contributed by atoms with Crippen molar-refractivity contribution in [3.63, 3.8) is 0 Å². The molecule has 2 nitrogen and oxygen atoms in total.